The third kappa shape index (κ3) is 1.56. The van der Waals surface area contributed by atoms with Crippen molar-refractivity contribution in [2.75, 3.05) is 19.6 Å². The number of nitrogens with zero attached hydrogens (tertiary/aromatic N) is 1. The van der Waals surface area contributed by atoms with Crippen molar-refractivity contribution in [2.24, 2.45) is 0 Å². The van der Waals surface area contributed by atoms with E-state index in [0.29, 0.717) is 0 Å². The third-order valence-corrected chi connectivity index (χ3v) is 0.939. The van der Waals surface area contributed by atoms with E-state index in [1.807, 2.05) is 0 Å². The predicted molar refractivity (Wildman–Crippen MR) is 29.6 cm³/mol. The van der Waals surface area contributed by atoms with Crippen molar-refractivity contribution in [3.63, 3.8) is 0 Å². The van der Waals surface area contributed by atoms with Gasteiger partial charge in [0.25, 0.3) is 12.6 Å². The van der Waals surface area contributed by atoms with Crippen LogP contribution in [-0.4, -0.2) is 19.6 Å². The molecule has 0 atom stereocenters. The topological polar surface area (TPSA) is 16.4 Å². The summed E-state index contributed by atoms with van der Waals surface area (Å²) in [6.07, 6.45) is 1.16. The fourth-order valence-electron chi connectivity index (χ4n) is 0.562. The van der Waals surface area contributed by atoms with Gasteiger partial charge in [-0.25, -0.2) is 0 Å². The van der Waals surface area contributed by atoms with Crippen molar-refractivity contribution in [1.82, 2.24) is 5.32 Å². The maximum Gasteiger partial charge on any atom is 0.288 e. The molecule has 0 unspecified atom stereocenters. The summed E-state index contributed by atoms with van der Waals surface area (Å²) in [6, 6.07) is 2.86. The van der Waals surface area contributed by atoms with Crippen molar-refractivity contribution in [3.05, 3.63) is 4.85 Å². The van der Waals surface area contributed by atoms with Crippen LogP contribution in [-0.2, 0) is 0 Å². The summed E-state index contributed by atoms with van der Waals surface area (Å²) in [5.41, 5.74) is 0. The zero-order chi connectivity index (χ0) is 4.95. The first-order valence-electron chi connectivity index (χ1n) is 2.60. The van der Waals surface area contributed by atoms with Crippen molar-refractivity contribution in [3.8, 4) is 6.07 Å². The zero-order valence-electron chi connectivity index (χ0n) is 4.28. The molecule has 0 radical (unpaired) electrons. The van der Waals surface area contributed by atoms with Gasteiger partial charge in [0, 0.05) is 13.0 Å². The molecule has 1 aliphatic heterocycles. The molecule has 0 aliphatic carbocycles. The molecule has 1 N–H and O–H groups in total. The van der Waals surface area contributed by atoms with Crippen molar-refractivity contribution in [2.45, 2.75) is 6.42 Å². The van der Waals surface area contributed by atoms with Gasteiger partial charge >= 0.3 is 0 Å². The first kappa shape index (κ1) is 4.61. The minimum Gasteiger partial charge on any atom is -0.301 e. The fourth-order valence-corrected chi connectivity index (χ4v) is 0.562. The van der Waals surface area contributed by atoms with Gasteiger partial charge in [-0.2, -0.15) is 0 Å². The second kappa shape index (κ2) is 2.59. The zero-order valence-corrected chi connectivity index (χ0v) is 4.28. The molecule has 0 saturated heterocycles. The summed E-state index contributed by atoms with van der Waals surface area (Å²) in [5, 5.41) is 3.14. The van der Waals surface area contributed by atoms with Crippen LogP contribution in [0.5, 0.6) is 0 Å². The van der Waals surface area contributed by atoms with Crippen LogP contribution < -0.4 is 5.32 Å². The van der Waals surface area contributed by atoms with Crippen molar-refractivity contribution < 1.29 is 0 Å². The molecule has 7 heavy (non-hydrogen) atoms. The highest BCUT2D eigenvalue weighted by atomic mass is 14.9. The molecule has 0 aromatic heterocycles. The molecular weight excluding hydrogens is 88.1 g/mol. The van der Waals surface area contributed by atoms with Gasteiger partial charge in [-0.3, -0.25) is 0 Å². The number of hydrogen-bond acceptors (Lipinski definition) is 1. The lowest BCUT2D eigenvalue weighted by molar-refractivity contribution is 0.740. The van der Waals surface area contributed by atoms with E-state index in [-0.39, 0.29) is 0 Å². The van der Waals surface area contributed by atoms with E-state index in [2.05, 4.69) is 16.2 Å². The monoisotopic (exact) mass is 97.1 g/mol. The van der Waals surface area contributed by atoms with Crippen LogP contribution >= 0.6 is 0 Å². The normalized spacial score (nSPS) is 19.4. The number of nitrogens with one attached hydrogen (secondary N) is 1. The molecule has 1 heterocycles. The lowest BCUT2D eigenvalue weighted by Gasteiger charge is -1.85. The van der Waals surface area contributed by atoms with E-state index in [1.165, 1.54) is 0 Å². The Bertz CT molecular complexity index is 88.4. The van der Waals surface area contributed by atoms with Crippen LogP contribution in [0.2, 0.25) is 0 Å². The Hall–Kier alpha value is -0.550. The van der Waals surface area contributed by atoms with Crippen molar-refractivity contribution in [1.29, 1.82) is 0 Å². The van der Waals surface area contributed by atoms with E-state index in [1.54, 1.807) is 0 Å². The summed E-state index contributed by atoms with van der Waals surface area (Å²) >= 11 is 0. The summed E-state index contributed by atoms with van der Waals surface area (Å²) in [7, 11) is 0. The Morgan fingerprint density at radius 1 is 1.57 bits per heavy atom. The van der Waals surface area contributed by atoms with Crippen LogP contribution in [0.25, 0.3) is 4.85 Å². The predicted octanol–water partition coefficient (Wildman–Crippen LogP) is 0.313. The molecular formula is C5H9N2+. The Labute approximate surface area is 43.3 Å². The molecule has 1 aliphatic rings. The summed E-state index contributed by atoms with van der Waals surface area (Å²) < 4.78 is 0. The molecule has 1 rings (SSSR count). The maximum absolute atomic E-state index is 3.96. The van der Waals surface area contributed by atoms with Gasteiger partial charge in [0.1, 0.15) is 6.54 Å². The maximum atomic E-state index is 3.96. The Kier molecular flexibility index (Phi) is 1.71. The molecule has 0 fully saturated rings. The second-order valence-corrected chi connectivity index (χ2v) is 1.57. The minimum atomic E-state index is 0.833. The first-order chi connectivity index (χ1) is 3.50. The number of hydrogen-bond donors (Lipinski definition) is 1. The second-order valence-electron chi connectivity index (χ2n) is 1.57. The first-order valence-corrected chi connectivity index (χ1v) is 2.60. The highest BCUT2D eigenvalue weighted by Gasteiger charge is 1.96. The van der Waals surface area contributed by atoms with E-state index >= 15 is 0 Å². The van der Waals surface area contributed by atoms with Gasteiger partial charge in [0.2, 0.25) is 0 Å². The van der Waals surface area contributed by atoms with Gasteiger partial charge in [-0.05, 0) is 0 Å². The third-order valence-electron chi connectivity index (χ3n) is 0.939. The van der Waals surface area contributed by atoms with Crippen LogP contribution in [0.4, 0.5) is 0 Å². The molecule has 0 amide bonds. The highest BCUT2D eigenvalue weighted by Crippen LogP contribution is 1.80. The Balaban J connectivity index is 2.26. The quantitative estimate of drug-likeness (QED) is 0.430. The average Bonchev–Trinajstić information content (AvgIpc) is 1.90. The molecule has 38 valence electrons. The standard InChI is InChI=1S/C5H9N2/c1-2-6-4-5-7-3-1/h6H,1-4H2/q+1. The van der Waals surface area contributed by atoms with Gasteiger partial charge in [-0.15, -0.1) is 0 Å². The fraction of sp³-hybridized carbons (Fsp3) is 0.800. The van der Waals surface area contributed by atoms with Crippen LogP contribution in [0.3, 0.4) is 0 Å². The Morgan fingerprint density at radius 3 is 3.57 bits per heavy atom. The summed E-state index contributed by atoms with van der Waals surface area (Å²) in [6.45, 7) is 2.88. The molecule has 0 saturated carbocycles. The molecule has 0 aromatic carbocycles. The van der Waals surface area contributed by atoms with Gasteiger partial charge in [0.05, 0.1) is 0 Å². The van der Waals surface area contributed by atoms with E-state index < -0.39 is 0 Å². The average molecular weight is 97.1 g/mol. The largest absolute Gasteiger partial charge is 0.301 e. The molecule has 2 nitrogen and oxygen atoms in total. The number of rotatable bonds is 0. The minimum absolute atomic E-state index is 0.833. The van der Waals surface area contributed by atoms with Crippen molar-refractivity contribution >= 4 is 0 Å². The molecule has 0 aromatic rings. The summed E-state index contributed by atoms with van der Waals surface area (Å²) in [4.78, 5) is 3.96. The van der Waals surface area contributed by atoms with Gasteiger partial charge < -0.3 is 5.32 Å². The van der Waals surface area contributed by atoms with Gasteiger partial charge in [-0.1, -0.05) is 4.85 Å². The molecule has 2 heteroatoms. The summed E-state index contributed by atoms with van der Waals surface area (Å²) in [5.74, 6) is 0. The SMILES string of the molecule is C1#[N+]CCCNC1. The van der Waals surface area contributed by atoms with Crippen LogP contribution in [0, 0.1) is 6.07 Å². The van der Waals surface area contributed by atoms with Crippen LogP contribution in [0.1, 0.15) is 6.42 Å². The highest BCUT2D eigenvalue weighted by molar-refractivity contribution is 4.91. The lowest BCUT2D eigenvalue weighted by Crippen LogP contribution is -2.13. The van der Waals surface area contributed by atoms with E-state index in [9.17, 15) is 0 Å². The van der Waals surface area contributed by atoms with Gasteiger partial charge in [0.15, 0.2) is 0 Å². The molecule has 0 bridgehead atoms. The van der Waals surface area contributed by atoms with Crippen LogP contribution in [0.15, 0.2) is 0 Å². The molecule has 0 spiro atoms. The Morgan fingerprint density at radius 2 is 2.57 bits per heavy atom. The van der Waals surface area contributed by atoms with E-state index in [0.717, 1.165) is 26.1 Å². The van der Waals surface area contributed by atoms with E-state index in [4.69, 9.17) is 0 Å². The lowest BCUT2D eigenvalue weighted by atomic mass is 10.4. The smallest absolute Gasteiger partial charge is 0.288 e.